The molecule has 0 aromatic heterocycles. The van der Waals surface area contributed by atoms with Gasteiger partial charge in [-0.3, -0.25) is 9.59 Å². The van der Waals surface area contributed by atoms with Crippen molar-refractivity contribution < 1.29 is 14.7 Å². The summed E-state index contributed by atoms with van der Waals surface area (Å²) in [6.07, 6.45) is 3.29. The van der Waals surface area contributed by atoms with Crippen LogP contribution >= 0.6 is 0 Å². The second-order valence-electron chi connectivity index (χ2n) is 5.95. The van der Waals surface area contributed by atoms with E-state index < -0.39 is 11.9 Å². The van der Waals surface area contributed by atoms with Crippen LogP contribution in [0.5, 0.6) is 0 Å². The number of likely N-dealkylation sites (N-methyl/N-ethyl adjacent to an activating group) is 1. The van der Waals surface area contributed by atoms with Crippen molar-refractivity contribution >= 4 is 11.9 Å². The first-order valence-corrected chi connectivity index (χ1v) is 7.22. The van der Waals surface area contributed by atoms with Crippen LogP contribution in [0.15, 0.2) is 0 Å². The molecule has 0 spiro atoms. The standard InChI is InChI=1S/C14H24N2O3/c1-10-9-16(8-7-15(10)2)13(17)11-5-3-4-6-12(11)14(18)19/h10-12H,3-9H2,1-2H3,(H,18,19)/t10?,11-,12+/m1/s1. The molecule has 1 saturated heterocycles. The van der Waals surface area contributed by atoms with Crippen LogP contribution in [0.2, 0.25) is 0 Å². The van der Waals surface area contributed by atoms with Crippen molar-refractivity contribution in [3.63, 3.8) is 0 Å². The number of piperazine rings is 1. The quantitative estimate of drug-likeness (QED) is 0.813. The Kier molecular flexibility index (Phi) is 4.45. The first-order valence-electron chi connectivity index (χ1n) is 7.22. The zero-order chi connectivity index (χ0) is 14.0. The zero-order valence-corrected chi connectivity index (χ0v) is 11.8. The number of carbonyl (C=O) groups is 2. The van der Waals surface area contributed by atoms with Crippen molar-refractivity contribution in [2.45, 2.75) is 38.6 Å². The predicted molar refractivity (Wildman–Crippen MR) is 71.8 cm³/mol. The van der Waals surface area contributed by atoms with Crippen molar-refractivity contribution in [3.8, 4) is 0 Å². The Balaban J connectivity index is 2.03. The summed E-state index contributed by atoms with van der Waals surface area (Å²) in [5, 5.41) is 9.27. The fraction of sp³-hybridized carbons (Fsp3) is 0.857. The lowest BCUT2D eigenvalue weighted by molar-refractivity contribution is -0.153. The van der Waals surface area contributed by atoms with Gasteiger partial charge in [0.2, 0.25) is 5.91 Å². The molecular formula is C14H24N2O3. The molecule has 19 heavy (non-hydrogen) atoms. The molecule has 5 heteroatoms. The van der Waals surface area contributed by atoms with Gasteiger partial charge in [0.15, 0.2) is 0 Å². The molecule has 1 heterocycles. The Hall–Kier alpha value is -1.10. The predicted octanol–water partition coefficient (Wildman–Crippen LogP) is 1.04. The van der Waals surface area contributed by atoms with E-state index in [0.29, 0.717) is 12.5 Å². The largest absolute Gasteiger partial charge is 0.481 e. The third-order valence-electron chi connectivity index (χ3n) is 4.67. The van der Waals surface area contributed by atoms with Gasteiger partial charge in [0.05, 0.1) is 11.8 Å². The van der Waals surface area contributed by atoms with Crippen molar-refractivity contribution in [3.05, 3.63) is 0 Å². The van der Waals surface area contributed by atoms with Crippen LogP contribution in [0.3, 0.4) is 0 Å². The summed E-state index contributed by atoms with van der Waals surface area (Å²) < 4.78 is 0. The summed E-state index contributed by atoms with van der Waals surface area (Å²) in [6, 6.07) is 0.351. The van der Waals surface area contributed by atoms with E-state index in [0.717, 1.165) is 38.9 Å². The second-order valence-corrected chi connectivity index (χ2v) is 5.95. The first-order chi connectivity index (χ1) is 9.00. The summed E-state index contributed by atoms with van der Waals surface area (Å²) in [4.78, 5) is 28.0. The molecule has 0 aromatic rings. The van der Waals surface area contributed by atoms with Crippen LogP contribution in [0, 0.1) is 11.8 Å². The SMILES string of the molecule is CC1CN(C(=O)[C@@H]2CCCC[C@@H]2C(=O)O)CCN1C. The molecule has 1 aliphatic carbocycles. The number of hydrogen-bond donors (Lipinski definition) is 1. The minimum absolute atomic E-state index is 0.0621. The van der Waals surface area contributed by atoms with E-state index in [2.05, 4.69) is 18.9 Å². The number of hydrogen-bond acceptors (Lipinski definition) is 3. The minimum atomic E-state index is -0.805. The highest BCUT2D eigenvalue weighted by Crippen LogP contribution is 2.32. The molecule has 2 aliphatic rings. The maximum absolute atomic E-state index is 12.6. The lowest BCUT2D eigenvalue weighted by atomic mass is 9.78. The van der Waals surface area contributed by atoms with Crippen LogP contribution in [0.4, 0.5) is 0 Å². The topological polar surface area (TPSA) is 60.9 Å². The van der Waals surface area contributed by atoms with E-state index >= 15 is 0 Å². The second kappa shape index (κ2) is 5.90. The van der Waals surface area contributed by atoms with E-state index in [1.54, 1.807) is 0 Å². The van der Waals surface area contributed by atoms with Gasteiger partial charge in [-0.2, -0.15) is 0 Å². The van der Waals surface area contributed by atoms with E-state index in [9.17, 15) is 14.7 Å². The number of aliphatic carboxylic acids is 1. The Morgan fingerprint density at radius 2 is 1.74 bits per heavy atom. The number of carboxylic acid groups (broad SMARTS) is 1. The van der Waals surface area contributed by atoms with Gasteiger partial charge in [0.1, 0.15) is 0 Å². The Bertz CT molecular complexity index is 359. The van der Waals surface area contributed by atoms with Crippen LogP contribution in [-0.2, 0) is 9.59 Å². The lowest BCUT2D eigenvalue weighted by Gasteiger charge is -2.40. The van der Waals surface area contributed by atoms with E-state index in [1.165, 1.54) is 0 Å². The normalized spacial score (nSPS) is 33.2. The molecule has 1 amide bonds. The Morgan fingerprint density at radius 3 is 2.32 bits per heavy atom. The highest BCUT2D eigenvalue weighted by Gasteiger charge is 2.38. The van der Waals surface area contributed by atoms with Gasteiger partial charge in [0.25, 0.3) is 0 Å². The van der Waals surface area contributed by atoms with E-state index in [4.69, 9.17) is 0 Å². The molecule has 0 aromatic carbocycles. The maximum atomic E-state index is 12.6. The van der Waals surface area contributed by atoms with Gasteiger partial charge >= 0.3 is 5.97 Å². The molecule has 5 nitrogen and oxygen atoms in total. The summed E-state index contributed by atoms with van der Waals surface area (Å²) in [6.45, 7) is 4.42. The van der Waals surface area contributed by atoms with Gasteiger partial charge in [-0.25, -0.2) is 0 Å². The lowest BCUT2D eigenvalue weighted by Crippen LogP contribution is -2.54. The van der Waals surface area contributed by atoms with Crippen molar-refractivity contribution in [1.82, 2.24) is 9.80 Å². The smallest absolute Gasteiger partial charge is 0.307 e. The fourth-order valence-corrected chi connectivity index (χ4v) is 3.21. The molecule has 0 bridgehead atoms. The van der Waals surface area contributed by atoms with E-state index in [1.807, 2.05) is 4.90 Å². The van der Waals surface area contributed by atoms with Gasteiger partial charge in [-0.1, -0.05) is 12.8 Å². The van der Waals surface area contributed by atoms with Crippen molar-refractivity contribution in [2.24, 2.45) is 11.8 Å². The number of rotatable bonds is 2. The molecule has 2 rings (SSSR count). The van der Waals surface area contributed by atoms with Crippen molar-refractivity contribution in [1.29, 1.82) is 0 Å². The molecule has 108 valence electrons. The summed E-state index contributed by atoms with van der Waals surface area (Å²) in [7, 11) is 2.06. The highest BCUT2D eigenvalue weighted by atomic mass is 16.4. The monoisotopic (exact) mass is 268 g/mol. The maximum Gasteiger partial charge on any atom is 0.307 e. The molecule has 1 N–H and O–H groups in total. The summed E-state index contributed by atoms with van der Waals surface area (Å²) >= 11 is 0. The molecule has 0 radical (unpaired) electrons. The Morgan fingerprint density at radius 1 is 1.11 bits per heavy atom. The summed E-state index contributed by atoms with van der Waals surface area (Å²) in [5.74, 6) is -1.52. The zero-order valence-electron chi connectivity index (χ0n) is 11.8. The number of amides is 1. The van der Waals surface area contributed by atoms with Gasteiger partial charge in [-0.15, -0.1) is 0 Å². The third kappa shape index (κ3) is 3.08. The van der Waals surface area contributed by atoms with Crippen LogP contribution < -0.4 is 0 Å². The minimum Gasteiger partial charge on any atom is -0.481 e. The average molecular weight is 268 g/mol. The molecule has 1 unspecified atom stereocenters. The number of nitrogens with zero attached hydrogens (tertiary/aromatic N) is 2. The molecule has 1 saturated carbocycles. The van der Waals surface area contributed by atoms with Crippen LogP contribution in [0.25, 0.3) is 0 Å². The van der Waals surface area contributed by atoms with Gasteiger partial charge in [0, 0.05) is 25.7 Å². The third-order valence-corrected chi connectivity index (χ3v) is 4.67. The molecular weight excluding hydrogens is 244 g/mol. The number of carboxylic acids is 1. The average Bonchev–Trinajstić information content (AvgIpc) is 2.41. The first kappa shape index (κ1) is 14.3. The Labute approximate surface area is 114 Å². The van der Waals surface area contributed by atoms with Crippen LogP contribution in [0.1, 0.15) is 32.6 Å². The molecule has 2 fully saturated rings. The molecule has 3 atom stereocenters. The number of carbonyl (C=O) groups excluding carboxylic acids is 1. The highest BCUT2D eigenvalue weighted by molar-refractivity contribution is 5.85. The van der Waals surface area contributed by atoms with Crippen LogP contribution in [-0.4, -0.2) is 59.5 Å². The van der Waals surface area contributed by atoms with Gasteiger partial charge in [-0.05, 0) is 26.8 Å². The summed E-state index contributed by atoms with van der Waals surface area (Å²) in [5.41, 5.74) is 0. The van der Waals surface area contributed by atoms with Gasteiger partial charge < -0.3 is 14.9 Å². The van der Waals surface area contributed by atoms with E-state index in [-0.39, 0.29) is 11.8 Å². The van der Waals surface area contributed by atoms with Crippen molar-refractivity contribution in [2.75, 3.05) is 26.7 Å². The molecule has 1 aliphatic heterocycles. The fourth-order valence-electron chi connectivity index (χ4n) is 3.21.